The van der Waals surface area contributed by atoms with Crippen molar-refractivity contribution in [3.8, 4) is 11.8 Å². The Labute approximate surface area is 110 Å². The molecule has 0 bridgehead atoms. The van der Waals surface area contributed by atoms with Crippen LogP contribution in [-0.4, -0.2) is 26.1 Å². The Morgan fingerprint density at radius 2 is 2.00 bits per heavy atom. The molecule has 0 saturated carbocycles. The Morgan fingerprint density at radius 1 is 1.33 bits per heavy atom. The van der Waals surface area contributed by atoms with E-state index in [-0.39, 0.29) is 6.04 Å². The predicted molar refractivity (Wildman–Crippen MR) is 73.7 cm³/mol. The highest BCUT2D eigenvalue weighted by Crippen LogP contribution is 2.31. The molecule has 0 spiro atoms. The normalized spacial score (nSPS) is 12.6. The first-order valence-electron chi connectivity index (χ1n) is 6.22. The van der Waals surface area contributed by atoms with Crippen LogP contribution < -0.4 is 4.74 Å². The molecule has 0 amide bonds. The molecule has 0 aliphatic rings. The monoisotopic (exact) mass is 246 g/mol. The fourth-order valence-electron chi connectivity index (χ4n) is 2.10. The van der Waals surface area contributed by atoms with E-state index in [1.165, 1.54) is 11.1 Å². The molecule has 1 unspecified atom stereocenters. The van der Waals surface area contributed by atoms with Crippen molar-refractivity contribution in [3.63, 3.8) is 0 Å². The Kier molecular flexibility index (Phi) is 5.18. The summed E-state index contributed by atoms with van der Waals surface area (Å²) in [6, 6.07) is 8.59. The molecular formula is C15H22N2O. The largest absolute Gasteiger partial charge is 0.496 e. The highest BCUT2D eigenvalue weighted by atomic mass is 16.5. The number of nitrogens with zero attached hydrogens (tertiary/aromatic N) is 2. The molecule has 3 nitrogen and oxygen atoms in total. The van der Waals surface area contributed by atoms with Crippen molar-refractivity contribution in [3.05, 3.63) is 29.3 Å². The van der Waals surface area contributed by atoms with Crippen LogP contribution in [0.3, 0.4) is 0 Å². The number of hydrogen-bond donors (Lipinski definition) is 0. The van der Waals surface area contributed by atoms with Gasteiger partial charge in [-0.2, -0.15) is 5.26 Å². The predicted octanol–water partition coefficient (Wildman–Crippen LogP) is 3.33. The summed E-state index contributed by atoms with van der Waals surface area (Å²) >= 11 is 0. The zero-order valence-corrected chi connectivity index (χ0v) is 11.9. The first-order chi connectivity index (χ1) is 8.51. The third kappa shape index (κ3) is 3.24. The Hall–Kier alpha value is -1.53. The molecule has 3 heteroatoms. The van der Waals surface area contributed by atoms with Gasteiger partial charge in [0, 0.05) is 6.04 Å². The third-order valence-electron chi connectivity index (χ3n) is 3.17. The van der Waals surface area contributed by atoms with Crippen LogP contribution >= 0.6 is 0 Å². The molecule has 1 aromatic carbocycles. The van der Waals surface area contributed by atoms with E-state index >= 15 is 0 Å². The maximum absolute atomic E-state index is 8.92. The topological polar surface area (TPSA) is 36.3 Å². The van der Waals surface area contributed by atoms with Gasteiger partial charge in [0.15, 0.2) is 0 Å². The minimum atomic E-state index is 0.137. The molecule has 0 fully saturated rings. The van der Waals surface area contributed by atoms with Gasteiger partial charge in [0.1, 0.15) is 5.75 Å². The molecule has 98 valence electrons. The number of benzene rings is 1. The van der Waals surface area contributed by atoms with Gasteiger partial charge < -0.3 is 9.64 Å². The fourth-order valence-corrected chi connectivity index (χ4v) is 2.10. The first-order valence-corrected chi connectivity index (χ1v) is 6.22. The second-order valence-corrected chi connectivity index (χ2v) is 5.00. The summed E-state index contributed by atoms with van der Waals surface area (Å²) in [5.41, 5.74) is 2.37. The zero-order valence-electron chi connectivity index (χ0n) is 11.9. The maximum atomic E-state index is 8.92. The smallest absolute Gasteiger partial charge is 0.122 e. The first kappa shape index (κ1) is 14.5. The van der Waals surface area contributed by atoms with Gasteiger partial charge in [0.2, 0.25) is 0 Å². The average molecular weight is 246 g/mol. The van der Waals surface area contributed by atoms with Crippen LogP contribution in [0.5, 0.6) is 5.75 Å². The lowest BCUT2D eigenvalue weighted by Crippen LogP contribution is -2.19. The van der Waals surface area contributed by atoms with Crippen LogP contribution in [0.4, 0.5) is 0 Å². The molecule has 0 aliphatic carbocycles. The van der Waals surface area contributed by atoms with E-state index in [0.29, 0.717) is 12.3 Å². The molecule has 0 N–H and O–H groups in total. The van der Waals surface area contributed by atoms with Crippen LogP contribution in [0.2, 0.25) is 0 Å². The Balaban J connectivity index is 3.17. The second kappa shape index (κ2) is 6.42. The van der Waals surface area contributed by atoms with E-state index in [1.54, 1.807) is 7.11 Å². The molecule has 1 rings (SSSR count). The van der Waals surface area contributed by atoms with E-state index < -0.39 is 0 Å². The minimum absolute atomic E-state index is 0.137. The van der Waals surface area contributed by atoms with Crippen LogP contribution in [-0.2, 0) is 0 Å². The molecule has 0 saturated heterocycles. The van der Waals surface area contributed by atoms with Gasteiger partial charge in [-0.1, -0.05) is 26.0 Å². The molecule has 0 aliphatic heterocycles. The van der Waals surface area contributed by atoms with Crippen LogP contribution in [0, 0.1) is 11.3 Å². The van der Waals surface area contributed by atoms with Gasteiger partial charge >= 0.3 is 0 Å². The third-order valence-corrected chi connectivity index (χ3v) is 3.17. The van der Waals surface area contributed by atoms with Gasteiger partial charge in [0.05, 0.1) is 19.6 Å². The van der Waals surface area contributed by atoms with Crippen molar-refractivity contribution in [2.24, 2.45) is 0 Å². The number of methoxy groups -OCH3 is 1. The van der Waals surface area contributed by atoms with Crippen molar-refractivity contribution < 1.29 is 4.74 Å². The number of nitriles is 1. The molecule has 18 heavy (non-hydrogen) atoms. The van der Waals surface area contributed by atoms with Crippen molar-refractivity contribution in [1.29, 1.82) is 5.26 Å². The van der Waals surface area contributed by atoms with Gasteiger partial charge in [-0.3, -0.25) is 0 Å². The highest BCUT2D eigenvalue weighted by molar-refractivity contribution is 5.40. The lowest BCUT2D eigenvalue weighted by molar-refractivity contribution is 0.303. The van der Waals surface area contributed by atoms with Crippen LogP contribution in [0.25, 0.3) is 0 Å². The van der Waals surface area contributed by atoms with Gasteiger partial charge in [0.25, 0.3) is 0 Å². The Morgan fingerprint density at radius 3 is 2.44 bits per heavy atom. The minimum Gasteiger partial charge on any atom is -0.496 e. The van der Waals surface area contributed by atoms with Crippen LogP contribution in [0.15, 0.2) is 18.2 Å². The fraction of sp³-hybridized carbons (Fsp3) is 0.533. The second-order valence-electron chi connectivity index (χ2n) is 5.00. The summed E-state index contributed by atoms with van der Waals surface area (Å²) < 4.78 is 5.38. The summed E-state index contributed by atoms with van der Waals surface area (Å²) in [6.45, 7) is 4.30. The van der Waals surface area contributed by atoms with Gasteiger partial charge in [-0.25, -0.2) is 0 Å². The van der Waals surface area contributed by atoms with Crippen molar-refractivity contribution in [2.75, 3.05) is 21.2 Å². The molecule has 0 aromatic heterocycles. The quantitative estimate of drug-likeness (QED) is 0.799. The number of ether oxygens (including phenoxy) is 1. The molecule has 1 atom stereocenters. The van der Waals surface area contributed by atoms with Crippen molar-refractivity contribution in [1.82, 2.24) is 4.90 Å². The van der Waals surface area contributed by atoms with E-state index in [2.05, 4.69) is 30.9 Å². The number of hydrogen-bond acceptors (Lipinski definition) is 3. The van der Waals surface area contributed by atoms with Crippen molar-refractivity contribution in [2.45, 2.75) is 32.2 Å². The number of rotatable bonds is 5. The zero-order chi connectivity index (χ0) is 13.7. The van der Waals surface area contributed by atoms with E-state index in [1.807, 2.05) is 26.2 Å². The SMILES string of the molecule is COc1ccc(C(CC#N)N(C)C)cc1C(C)C. The lowest BCUT2D eigenvalue weighted by atomic mass is 9.95. The van der Waals surface area contributed by atoms with Gasteiger partial charge in [-0.15, -0.1) is 0 Å². The van der Waals surface area contributed by atoms with Crippen molar-refractivity contribution >= 4 is 0 Å². The summed E-state index contributed by atoms with van der Waals surface area (Å²) in [7, 11) is 5.70. The maximum Gasteiger partial charge on any atom is 0.122 e. The van der Waals surface area contributed by atoms with E-state index in [4.69, 9.17) is 10.00 Å². The summed E-state index contributed by atoms with van der Waals surface area (Å²) in [5, 5.41) is 8.92. The van der Waals surface area contributed by atoms with E-state index in [0.717, 1.165) is 5.75 Å². The molecule has 1 aromatic rings. The van der Waals surface area contributed by atoms with E-state index in [9.17, 15) is 0 Å². The molecular weight excluding hydrogens is 224 g/mol. The summed E-state index contributed by atoms with van der Waals surface area (Å²) in [5.74, 6) is 1.33. The standard InChI is InChI=1S/C15H22N2O/c1-11(2)13-10-12(6-7-15(13)18-5)14(8-9-16)17(3)4/h6-7,10-11,14H,8H2,1-5H3. The summed E-state index contributed by atoms with van der Waals surface area (Å²) in [4.78, 5) is 2.08. The lowest BCUT2D eigenvalue weighted by Gasteiger charge is -2.24. The Bertz CT molecular complexity index is 433. The average Bonchev–Trinajstić information content (AvgIpc) is 2.34. The highest BCUT2D eigenvalue weighted by Gasteiger charge is 2.16. The molecule has 0 radical (unpaired) electrons. The molecule has 0 heterocycles. The van der Waals surface area contributed by atoms with Gasteiger partial charge in [-0.05, 0) is 37.2 Å². The summed E-state index contributed by atoms with van der Waals surface area (Å²) in [6.07, 6.45) is 0.497. The van der Waals surface area contributed by atoms with Crippen LogP contribution in [0.1, 0.15) is 43.4 Å².